The molecule has 1 saturated heterocycles. The maximum Gasteiger partial charge on any atom is 0.262 e. The van der Waals surface area contributed by atoms with E-state index in [9.17, 15) is 14.4 Å². The highest BCUT2D eigenvalue weighted by Crippen LogP contribution is 2.32. The second-order valence-electron chi connectivity index (χ2n) is 7.14. The summed E-state index contributed by atoms with van der Waals surface area (Å²) in [6.07, 6.45) is 0.985. The van der Waals surface area contributed by atoms with Crippen LogP contribution in [0.15, 0.2) is 30.5 Å². The Balaban J connectivity index is 1.98. The lowest BCUT2D eigenvalue weighted by Gasteiger charge is -2.29. The summed E-state index contributed by atoms with van der Waals surface area (Å²) in [6, 6.07) is 4.58. The number of piperidine rings is 1. The average molecular weight is 312 g/mol. The van der Waals surface area contributed by atoms with Crippen LogP contribution in [-0.2, 0) is 10.2 Å². The van der Waals surface area contributed by atoms with Gasteiger partial charge < -0.3 is 5.32 Å². The predicted octanol–water partition coefficient (Wildman–Crippen LogP) is 2.37. The number of hydrogen-bond acceptors (Lipinski definition) is 3. The zero-order valence-corrected chi connectivity index (χ0v) is 13.6. The first kappa shape index (κ1) is 15.5. The van der Waals surface area contributed by atoms with Crippen LogP contribution in [0.3, 0.4) is 0 Å². The molecule has 2 aliphatic heterocycles. The van der Waals surface area contributed by atoms with Crippen LogP contribution < -0.4 is 5.32 Å². The molecule has 23 heavy (non-hydrogen) atoms. The molecule has 3 rings (SSSR count). The Morgan fingerprint density at radius 2 is 1.78 bits per heavy atom. The Kier molecular flexibility index (Phi) is 3.39. The van der Waals surface area contributed by atoms with Crippen molar-refractivity contribution in [1.82, 2.24) is 10.2 Å². The summed E-state index contributed by atoms with van der Waals surface area (Å²) in [7, 11) is 0. The average Bonchev–Trinajstić information content (AvgIpc) is 2.71. The van der Waals surface area contributed by atoms with Crippen LogP contribution in [0.25, 0.3) is 0 Å². The zero-order chi connectivity index (χ0) is 16.9. The number of carbonyl (C=O) groups excluding carboxylic acids is 3. The van der Waals surface area contributed by atoms with Crippen LogP contribution in [0, 0.1) is 0 Å². The molecule has 0 radical (unpaired) electrons. The topological polar surface area (TPSA) is 66.5 Å². The van der Waals surface area contributed by atoms with Crippen molar-refractivity contribution in [2.75, 3.05) is 0 Å². The summed E-state index contributed by atoms with van der Waals surface area (Å²) in [5.74, 6) is -1.12. The summed E-state index contributed by atoms with van der Waals surface area (Å²) in [4.78, 5) is 38.6. The number of nitrogens with one attached hydrogen (secondary N) is 1. The Labute approximate surface area is 135 Å². The van der Waals surface area contributed by atoms with Crippen LogP contribution in [0.1, 0.15) is 59.9 Å². The molecule has 1 unspecified atom stereocenters. The Morgan fingerprint density at radius 1 is 1.13 bits per heavy atom. The highest BCUT2D eigenvalue weighted by molar-refractivity contribution is 6.23. The summed E-state index contributed by atoms with van der Waals surface area (Å²) < 4.78 is 0. The molecule has 0 aliphatic carbocycles. The molecule has 2 heterocycles. The van der Waals surface area contributed by atoms with Gasteiger partial charge in [-0.3, -0.25) is 19.3 Å². The van der Waals surface area contributed by atoms with E-state index in [1.54, 1.807) is 12.1 Å². The van der Waals surface area contributed by atoms with Gasteiger partial charge in [0.2, 0.25) is 5.91 Å². The zero-order valence-electron chi connectivity index (χ0n) is 13.6. The largest absolute Gasteiger partial charge is 0.329 e. The summed E-state index contributed by atoms with van der Waals surface area (Å²) >= 11 is 0. The first-order valence-electron chi connectivity index (χ1n) is 7.71. The Morgan fingerprint density at radius 3 is 2.39 bits per heavy atom. The van der Waals surface area contributed by atoms with Gasteiger partial charge in [-0.15, -0.1) is 0 Å². The minimum Gasteiger partial charge on any atom is -0.329 e. The van der Waals surface area contributed by atoms with Crippen molar-refractivity contribution in [3.63, 3.8) is 0 Å². The molecule has 2 aliphatic rings. The molecule has 1 aromatic carbocycles. The molecule has 0 bridgehead atoms. The molecule has 1 fully saturated rings. The van der Waals surface area contributed by atoms with Crippen LogP contribution in [0.5, 0.6) is 0 Å². The first-order chi connectivity index (χ1) is 10.7. The monoisotopic (exact) mass is 312 g/mol. The van der Waals surface area contributed by atoms with E-state index in [2.05, 4.69) is 11.9 Å². The van der Waals surface area contributed by atoms with Crippen LogP contribution in [0.4, 0.5) is 0 Å². The summed E-state index contributed by atoms with van der Waals surface area (Å²) in [5, 5.41) is 2.63. The highest BCUT2D eigenvalue weighted by Gasteiger charge is 2.44. The normalized spacial score (nSPS) is 21.5. The molecule has 0 saturated carbocycles. The van der Waals surface area contributed by atoms with E-state index in [4.69, 9.17) is 0 Å². The Bertz CT molecular complexity index is 743. The highest BCUT2D eigenvalue weighted by atomic mass is 16.2. The second-order valence-corrected chi connectivity index (χ2v) is 7.14. The maximum absolute atomic E-state index is 12.7. The van der Waals surface area contributed by atoms with Gasteiger partial charge >= 0.3 is 0 Å². The van der Waals surface area contributed by atoms with E-state index in [0.29, 0.717) is 29.7 Å². The number of benzene rings is 1. The smallest absolute Gasteiger partial charge is 0.262 e. The van der Waals surface area contributed by atoms with Gasteiger partial charge in [0, 0.05) is 5.70 Å². The lowest BCUT2D eigenvalue weighted by molar-refractivity contribution is -0.125. The minimum absolute atomic E-state index is 0.119. The van der Waals surface area contributed by atoms with Gasteiger partial charge in [0.1, 0.15) is 6.04 Å². The minimum atomic E-state index is -0.758. The number of nitrogens with zero attached hydrogens (tertiary/aromatic N) is 1. The van der Waals surface area contributed by atoms with E-state index >= 15 is 0 Å². The molecule has 1 aromatic rings. The molecular formula is C18H20N2O3. The third-order valence-electron chi connectivity index (χ3n) is 4.42. The van der Waals surface area contributed by atoms with E-state index < -0.39 is 11.9 Å². The van der Waals surface area contributed by atoms with Gasteiger partial charge in [-0.05, 0) is 36.0 Å². The molecular weight excluding hydrogens is 292 g/mol. The quantitative estimate of drug-likeness (QED) is 0.810. The number of fused-ring (bicyclic) bond motifs is 1. The molecule has 0 aromatic heterocycles. The van der Waals surface area contributed by atoms with E-state index in [0.717, 1.165) is 10.5 Å². The Hall–Kier alpha value is -2.43. The maximum atomic E-state index is 12.7. The fourth-order valence-electron chi connectivity index (χ4n) is 3.02. The van der Waals surface area contributed by atoms with Gasteiger partial charge in [0.25, 0.3) is 11.8 Å². The van der Waals surface area contributed by atoms with Crippen molar-refractivity contribution in [1.29, 1.82) is 0 Å². The first-order valence-corrected chi connectivity index (χ1v) is 7.71. The van der Waals surface area contributed by atoms with E-state index in [1.165, 1.54) is 0 Å². The van der Waals surface area contributed by atoms with Crippen molar-refractivity contribution in [3.8, 4) is 0 Å². The fraction of sp³-hybridized carbons (Fsp3) is 0.389. The van der Waals surface area contributed by atoms with Gasteiger partial charge in [-0.1, -0.05) is 33.4 Å². The summed E-state index contributed by atoms with van der Waals surface area (Å²) in [6.45, 7) is 9.87. The van der Waals surface area contributed by atoms with Gasteiger partial charge in [0.05, 0.1) is 11.1 Å². The molecule has 5 heteroatoms. The van der Waals surface area contributed by atoms with Crippen molar-refractivity contribution in [3.05, 3.63) is 47.2 Å². The lowest BCUT2D eigenvalue weighted by atomic mass is 9.85. The van der Waals surface area contributed by atoms with Crippen molar-refractivity contribution < 1.29 is 14.4 Å². The van der Waals surface area contributed by atoms with Crippen LogP contribution in [-0.4, -0.2) is 28.7 Å². The van der Waals surface area contributed by atoms with Crippen molar-refractivity contribution in [2.24, 2.45) is 0 Å². The number of amides is 3. The molecule has 0 spiro atoms. The van der Waals surface area contributed by atoms with Crippen LogP contribution >= 0.6 is 0 Å². The molecule has 120 valence electrons. The number of carbonyl (C=O) groups is 3. The number of imide groups is 1. The van der Waals surface area contributed by atoms with E-state index in [1.807, 2.05) is 26.8 Å². The van der Waals surface area contributed by atoms with Gasteiger partial charge in [-0.2, -0.15) is 0 Å². The predicted molar refractivity (Wildman–Crippen MR) is 85.9 cm³/mol. The van der Waals surface area contributed by atoms with Gasteiger partial charge in [-0.25, -0.2) is 0 Å². The second kappa shape index (κ2) is 5.05. The molecule has 1 N–H and O–H groups in total. The molecule has 5 nitrogen and oxygen atoms in total. The number of hydrogen-bond donors (Lipinski definition) is 1. The third-order valence-corrected chi connectivity index (χ3v) is 4.42. The SMILES string of the molecule is C=C1CCC(N2C(=O)c3ccc(C(C)(C)C)cc3C2=O)C(=O)N1. The molecule has 3 amide bonds. The van der Waals surface area contributed by atoms with Gasteiger partial charge in [0.15, 0.2) is 0 Å². The summed E-state index contributed by atoms with van der Waals surface area (Å²) in [5.41, 5.74) is 2.25. The molecule has 1 atom stereocenters. The third kappa shape index (κ3) is 2.46. The van der Waals surface area contributed by atoms with Crippen molar-refractivity contribution in [2.45, 2.75) is 45.1 Å². The number of rotatable bonds is 1. The lowest BCUT2D eigenvalue weighted by Crippen LogP contribution is -2.51. The number of allylic oxidation sites excluding steroid dienone is 1. The van der Waals surface area contributed by atoms with Crippen LogP contribution in [0.2, 0.25) is 0 Å². The standard InChI is InChI=1S/C18H20N2O3/c1-10-5-8-14(15(21)19-10)20-16(22)12-7-6-11(18(2,3)4)9-13(12)17(20)23/h6-7,9,14H,1,5,8H2,2-4H3,(H,19,21). The van der Waals surface area contributed by atoms with E-state index in [-0.39, 0.29) is 17.2 Å². The fourth-order valence-corrected chi connectivity index (χ4v) is 3.02. The van der Waals surface area contributed by atoms with Crippen molar-refractivity contribution >= 4 is 17.7 Å².